The topological polar surface area (TPSA) is 98.2 Å². The van der Waals surface area contributed by atoms with Gasteiger partial charge in [-0.15, -0.1) is 0 Å². The van der Waals surface area contributed by atoms with E-state index in [1.807, 2.05) is 4.90 Å². The van der Waals surface area contributed by atoms with E-state index in [1.54, 1.807) is 6.92 Å². The zero-order valence-corrected chi connectivity index (χ0v) is 15.2. The Balaban J connectivity index is 1.31. The highest BCUT2D eigenvalue weighted by Crippen LogP contribution is 2.33. The Labute approximate surface area is 152 Å². The fourth-order valence-corrected chi connectivity index (χ4v) is 3.98. The van der Waals surface area contributed by atoms with Crippen LogP contribution in [0.2, 0.25) is 0 Å². The molecule has 1 aliphatic carbocycles. The van der Waals surface area contributed by atoms with E-state index >= 15 is 0 Å². The molecule has 140 valence electrons. The third-order valence-electron chi connectivity index (χ3n) is 5.69. The van der Waals surface area contributed by atoms with E-state index in [1.165, 1.54) is 32.1 Å². The fourth-order valence-electron chi connectivity index (χ4n) is 3.98. The molecule has 2 aliphatic rings. The third kappa shape index (κ3) is 3.64. The largest absolute Gasteiger partial charge is 0.342 e. The molecule has 8 heteroatoms. The average Bonchev–Trinajstić information content (AvgIpc) is 3.32. The van der Waals surface area contributed by atoms with Crippen molar-refractivity contribution in [3.63, 3.8) is 0 Å². The summed E-state index contributed by atoms with van der Waals surface area (Å²) in [6.07, 6.45) is 8.13. The van der Waals surface area contributed by atoms with Crippen LogP contribution in [0.3, 0.4) is 0 Å². The molecule has 0 aromatic carbocycles. The van der Waals surface area contributed by atoms with Crippen LogP contribution in [0.4, 0.5) is 0 Å². The number of amides is 1. The molecule has 1 aliphatic heterocycles. The van der Waals surface area contributed by atoms with Crippen LogP contribution in [-0.2, 0) is 11.2 Å². The second-order valence-corrected chi connectivity index (χ2v) is 7.45. The summed E-state index contributed by atoms with van der Waals surface area (Å²) in [5.74, 6) is 2.40. The van der Waals surface area contributed by atoms with Gasteiger partial charge in [0, 0.05) is 24.9 Å². The van der Waals surface area contributed by atoms with E-state index in [2.05, 4.69) is 25.1 Å². The lowest BCUT2D eigenvalue weighted by Crippen LogP contribution is -2.39. The zero-order chi connectivity index (χ0) is 17.9. The van der Waals surface area contributed by atoms with Crippen LogP contribution >= 0.6 is 0 Å². The summed E-state index contributed by atoms with van der Waals surface area (Å²) in [6.45, 7) is 3.20. The fraction of sp³-hybridized carbons (Fsp3) is 0.722. The van der Waals surface area contributed by atoms with Gasteiger partial charge in [-0.25, -0.2) is 4.63 Å². The van der Waals surface area contributed by atoms with Gasteiger partial charge in [-0.05, 0) is 32.6 Å². The second kappa shape index (κ2) is 7.55. The third-order valence-corrected chi connectivity index (χ3v) is 5.69. The molecule has 0 atom stereocenters. The van der Waals surface area contributed by atoms with Gasteiger partial charge >= 0.3 is 0 Å². The standard InChI is InChI=1S/C18H25N5O3/c1-12-15(21-26-20-12)11-16(24)23-9-7-14(8-10-23)18-19-17(22-25-18)13-5-3-2-4-6-13/h13-14H,2-11H2,1H3. The highest BCUT2D eigenvalue weighted by molar-refractivity contribution is 5.78. The molecule has 2 aromatic heterocycles. The number of hydrogen-bond donors (Lipinski definition) is 0. The number of nitrogens with zero attached hydrogens (tertiary/aromatic N) is 5. The summed E-state index contributed by atoms with van der Waals surface area (Å²) in [5.41, 5.74) is 1.29. The van der Waals surface area contributed by atoms with Crippen LogP contribution in [0.25, 0.3) is 0 Å². The van der Waals surface area contributed by atoms with E-state index < -0.39 is 0 Å². The van der Waals surface area contributed by atoms with Crippen LogP contribution in [0.5, 0.6) is 0 Å². The molecule has 4 rings (SSSR count). The predicted octanol–water partition coefficient (Wildman–Crippen LogP) is 2.76. The van der Waals surface area contributed by atoms with E-state index in [0.717, 1.165) is 24.6 Å². The molecule has 8 nitrogen and oxygen atoms in total. The Morgan fingerprint density at radius 2 is 1.81 bits per heavy atom. The number of carbonyl (C=O) groups excluding carboxylic acids is 1. The summed E-state index contributed by atoms with van der Waals surface area (Å²) >= 11 is 0. The average molecular weight is 359 g/mol. The van der Waals surface area contributed by atoms with Gasteiger partial charge in [0.15, 0.2) is 5.82 Å². The van der Waals surface area contributed by atoms with Gasteiger partial charge in [0.1, 0.15) is 11.4 Å². The van der Waals surface area contributed by atoms with Gasteiger partial charge in [0.2, 0.25) is 11.8 Å². The molecule has 1 saturated heterocycles. The minimum atomic E-state index is 0.0654. The van der Waals surface area contributed by atoms with Crippen molar-refractivity contribution in [2.24, 2.45) is 0 Å². The first kappa shape index (κ1) is 17.2. The van der Waals surface area contributed by atoms with E-state index in [4.69, 9.17) is 4.52 Å². The number of piperidine rings is 1. The quantitative estimate of drug-likeness (QED) is 0.827. The molecule has 0 N–H and O–H groups in total. The first-order valence-corrected chi connectivity index (χ1v) is 9.60. The van der Waals surface area contributed by atoms with Crippen molar-refractivity contribution < 1.29 is 13.9 Å². The highest BCUT2D eigenvalue weighted by Gasteiger charge is 2.29. The summed E-state index contributed by atoms with van der Waals surface area (Å²) < 4.78 is 10.2. The van der Waals surface area contributed by atoms with Crippen molar-refractivity contribution in [3.05, 3.63) is 23.1 Å². The molecule has 0 spiro atoms. The number of hydrogen-bond acceptors (Lipinski definition) is 7. The minimum Gasteiger partial charge on any atom is -0.342 e. The van der Waals surface area contributed by atoms with Crippen molar-refractivity contribution in [2.75, 3.05) is 13.1 Å². The molecular weight excluding hydrogens is 334 g/mol. The lowest BCUT2D eigenvalue weighted by atomic mass is 9.89. The molecule has 1 saturated carbocycles. The molecule has 2 fully saturated rings. The zero-order valence-electron chi connectivity index (χ0n) is 15.2. The Hall–Kier alpha value is -2.25. The molecule has 1 amide bonds. The molecule has 0 radical (unpaired) electrons. The number of likely N-dealkylation sites (tertiary alicyclic amines) is 1. The van der Waals surface area contributed by atoms with Crippen molar-refractivity contribution in [2.45, 2.75) is 70.1 Å². The Bertz CT molecular complexity index is 742. The van der Waals surface area contributed by atoms with Gasteiger partial charge in [0.05, 0.1) is 6.42 Å². The molecule has 2 aromatic rings. The molecule has 3 heterocycles. The van der Waals surface area contributed by atoms with Gasteiger partial charge in [-0.1, -0.05) is 34.7 Å². The number of aryl methyl sites for hydroxylation is 1. The number of aromatic nitrogens is 4. The van der Waals surface area contributed by atoms with Gasteiger partial charge in [0.25, 0.3) is 0 Å². The number of carbonyl (C=O) groups is 1. The first-order chi connectivity index (χ1) is 12.7. The normalized spacial score (nSPS) is 19.8. The Morgan fingerprint density at radius 3 is 2.50 bits per heavy atom. The summed E-state index contributed by atoms with van der Waals surface area (Å²) in [4.78, 5) is 19.0. The van der Waals surface area contributed by atoms with Crippen LogP contribution in [0.1, 0.15) is 79.9 Å². The van der Waals surface area contributed by atoms with E-state index in [-0.39, 0.29) is 18.2 Å². The van der Waals surface area contributed by atoms with E-state index in [0.29, 0.717) is 30.4 Å². The molecule has 0 unspecified atom stereocenters. The summed E-state index contributed by atoms with van der Waals surface area (Å²) in [7, 11) is 0. The lowest BCUT2D eigenvalue weighted by molar-refractivity contribution is -0.131. The van der Waals surface area contributed by atoms with Crippen LogP contribution in [-0.4, -0.2) is 44.4 Å². The monoisotopic (exact) mass is 359 g/mol. The van der Waals surface area contributed by atoms with Crippen molar-refractivity contribution >= 4 is 5.91 Å². The van der Waals surface area contributed by atoms with Gasteiger partial charge < -0.3 is 9.42 Å². The predicted molar refractivity (Wildman–Crippen MR) is 91.4 cm³/mol. The maximum atomic E-state index is 12.4. The molecule has 0 bridgehead atoms. The van der Waals surface area contributed by atoms with Crippen LogP contribution < -0.4 is 0 Å². The SMILES string of the molecule is Cc1nonc1CC(=O)N1CCC(c2nc(C3CCCCC3)no2)CC1. The van der Waals surface area contributed by atoms with E-state index in [9.17, 15) is 4.79 Å². The van der Waals surface area contributed by atoms with Crippen molar-refractivity contribution in [3.8, 4) is 0 Å². The first-order valence-electron chi connectivity index (χ1n) is 9.60. The van der Waals surface area contributed by atoms with Crippen molar-refractivity contribution in [1.82, 2.24) is 25.4 Å². The highest BCUT2D eigenvalue weighted by atomic mass is 16.6. The van der Waals surface area contributed by atoms with Crippen LogP contribution in [0.15, 0.2) is 9.15 Å². The van der Waals surface area contributed by atoms with Crippen LogP contribution in [0, 0.1) is 6.92 Å². The van der Waals surface area contributed by atoms with Gasteiger partial charge in [-0.2, -0.15) is 4.98 Å². The summed E-state index contributed by atoms with van der Waals surface area (Å²) in [6, 6.07) is 0. The summed E-state index contributed by atoms with van der Waals surface area (Å²) in [5, 5.41) is 11.8. The van der Waals surface area contributed by atoms with Gasteiger partial charge in [-0.3, -0.25) is 4.79 Å². The lowest BCUT2D eigenvalue weighted by Gasteiger charge is -2.30. The Morgan fingerprint density at radius 1 is 1.04 bits per heavy atom. The molecular formula is C18H25N5O3. The molecule has 26 heavy (non-hydrogen) atoms. The maximum absolute atomic E-state index is 12.4. The number of rotatable bonds is 4. The maximum Gasteiger partial charge on any atom is 0.229 e. The Kier molecular flexibility index (Phi) is 4.99. The second-order valence-electron chi connectivity index (χ2n) is 7.45. The minimum absolute atomic E-state index is 0.0654. The van der Waals surface area contributed by atoms with Crippen molar-refractivity contribution in [1.29, 1.82) is 0 Å². The smallest absolute Gasteiger partial charge is 0.229 e.